The van der Waals surface area contributed by atoms with Crippen molar-refractivity contribution in [2.24, 2.45) is 5.92 Å². The van der Waals surface area contributed by atoms with E-state index in [1.165, 1.54) is 0 Å². The summed E-state index contributed by atoms with van der Waals surface area (Å²) in [4.78, 5) is 43.1. The van der Waals surface area contributed by atoms with Crippen molar-refractivity contribution in [3.63, 3.8) is 0 Å². The number of hydrogen-bond donors (Lipinski definition) is 2. The van der Waals surface area contributed by atoms with Gasteiger partial charge in [-0.3, -0.25) is 14.9 Å². The predicted molar refractivity (Wildman–Crippen MR) is 139 cm³/mol. The van der Waals surface area contributed by atoms with Crippen molar-refractivity contribution >= 4 is 34.4 Å². The number of aromatic nitrogens is 1. The van der Waals surface area contributed by atoms with Crippen LogP contribution in [0.2, 0.25) is 0 Å². The average molecular weight is 531 g/mol. The number of thiazole rings is 1. The van der Waals surface area contributed by atoms with Gasteiger partial charge in [-0.2, -0.15) is 0 Å². The summed E-state index contributed by atoms with van der Waals surface area (Å²) < 4.78 is 17.1. The number of nitrogens with zero attached hydrogens (tertiary/aromatic N) is 2. The zero-order valence-electron chi connectivity index (χ0n) is 21.9. The van der Waals surface area contributed by atoms with Crippen LogP contribution in [-0.4, -0.2) is 65.2 Å². The largest absolute Gasteiger partial charge is 0.483 e. The van der Waals surface area contributed by atoms with E-state index < -0.39 is 5.60 Å². The molecule has 2 aromatic rings. The molecule has 2 N–H and O–H groups in total. The van der Waals surface area contributed by atoms with Crippen molar-refractivity contribution in [2.75, 3.05) is 31.6 Å². The molecule has 0 aliphatic carbocycles. The zero-order chi connectivity index (χ0) is 26.8. The second-order valence-electron chi connectivity index (χ2n) is 10.9. The molecule has 2 aliphatic rings. The van der Waals surface area contributed by atoms with Gasteiger partial charge in [-0.05, 0) is 53.0 Å². The fraction of sp³-hybridized carbons (Fsp3) is 0.538. The summed E-state index contributed by atoms with van der Waals surface area (Å²) in [6.07, 6.45) is 1.22. The number of para-hydroxylation sites is 1. The van der Waals surface area contributed by atoms with E-state index in [2.05, 4.69) is 15.6 Å². The summed E-state index contributed by atoms with van der Waals surface area (Å²) in [5.41, 5.74) is 0.422. The van der Waals surface area contributed by atoms with E-state index in [1.807, 2.05) is 46.8 Å². The lowest BCUT2D eigenvalue weighted by molar-refractivity contribution is -0.118. The van der Waals surface area contributed by atoms with Crippen molar-refractivity contribution in [3.05, 3.63) is 34.8 Å². The molecule has 10 nitrogen and oxygen atoms in total. The lowest BCUT2D eigenvalue weighted by Gasteiger charge is -2.24. The number of fused-ring (bicyclic) bond motifs is 1. The monoisotopic (exact) mass is 530 g/mol. The van der Waals surface area contributed by atoms with E-state index in [-0.39, 0.29) is 41.7 Å². The maximum Gasteiger partial charge on any atom is 0.410 e. The van der Waals surface area contributed by atoms with Crippen LogP contribution in [0.1, 0.15) is 57.1 Å². The van der Waals surface area contributed by atoms with Gasteiger partial charge in [0.25, 0.3) is 11.8 Å². The second kappa shape index (κ2) is 10.6. The van der Waals surface area contributed by atoms with Crippen LogP contribution in [0.15, 0.2) is 23.6 Å². The first-order valence-corrected chi connectivity index (χ1v) is 13.2. The Morgan fingerprint density at radius 1 is 1.27 bits per heavy atom. The smallest absolute Gasteiger partial charge is 0.410 e. The minimum Gasteiger partial charge on any atom is -0.483 e. The number of carbonyl (C=O) groups is 3. The molecule has 1 atom stereocenters. The molecular formula is C26H34N4O6S. The van der Waals surface area contributed by atoms with Gasteiger partial charge in [-0.1, -0.05) is 12.1 Å². The number of amides is 3. The third-order valence-corrected chi connectivity index (χ3v) is 6.64. The third kappa shape index (κ3) is 7.12. The van der Waals surface area contributed by atoms with Gasteiger partial charge in [0, 0.05) is 37.0 Å². The van der Waals surface area contributed by atoms with E-state index in [9.17, 15) is 14.4 Å². The minimum atomic E-state index is -0.541. The molecule has 1 aromatic carbocycles. The lowest BCUT2D eigenvalue weighted by Crippen LogP contribution is -2.36. The summed E-state index contributed by atoms with van der Waals surface area (Å²) in [7, 11) is 0. The van der Waals surface area contributed by atoms with Gasteiger partial charge in [0.2, 0.25) is 0 Å². The Kier molecular flexibility index (Phi) is 7.63. The molecular weight excluding hydrogens is 496 g/mol. The zero-order valence-corrected chi connectivity index (χ0v) is 22.7. The van der Waals surface area contributed by atoms with E-state index in [0.29, 0.717) is 36.3 Å². The van der Waals surface area contributed by atoms with Gasteiger partial charge in [0.05, 0.1) is 0 Å². The average Bonchev–Trinajstić information content (AvgIpc) is 3.52. The third-order valence-electron chi connectivity index (χ3n) is 5.89. The maximum atomic E-state index is 12.6. The van der Waals surface area contributed by atoms with Crippen molar-refractivity contribution in [2.45, 2.75) is 58.7 Å². The summed E-state index contributed by atoms with van der Waals surface area (Å²) in [6, 6.07) is 5.64. The number of likely N-dealkylation sites (tertiary alicyclic amines) is 1. The van der Waals surface area contributed by atoms with E-state index in [4.69, 9.17) is 14.2 Å². The van der Waals surface area contributed by atoms with Crippen molar-refractivity contribution in [1.29, 1.82) is 0 Å². The number of ether oxygens (including phenoxy) is 3. The minimum absolute atomic E-state index is 0.139. The quantitative estimate of drug-likeness (QED) is 0.558. The van der Waals surface area contributed by atoms with Crippen LogP contribution >= 0.6 is 11.3 Å². The van der Waals surface area contributed by atoms with Gasteiger partial charge in [0.1, 0.15) is 16.9 Å². The van der Waals surface area contributed by atoms with Gasteiger partial charge < -0.3 is 24.4 Å². The molecule has 0 radical (unpaired) electrons. The molecule has 1 fully saturated rings. The Labute approximate surface area is 220 Å². The van der Waals surface area contributed by atoms with E-state index >= 15 is 0 Å². The SMILES string of the molecule is CC(C)(C)OC(=O)N1CCC(CNC(=O)c2csc(NC(=O)COc3cccc4c3OC(C)(C)C4)n2)C1. The Morgan fingerprint density at radius 2 is 2.05 bits per heavy atom. The first-order valence-electron chi connectivity index (χ1n) is 12.3. The van der Waals surface area contributed by atoms with E-state index in [0.717, 1.165) is 29.7 Å². The van der Waals surface area contributed by atoms with Gasteiger partial charge in [-0.25, -0.2) is 9.78 Å². The fourth-order valence-electron chi connectivity index (χ4n) is 4.25. The number of carbonyl (C=O) groups excluding carboxylic acids is 3. The number of rotatable bonds is 7. The fourth-order valence-corrected chi connectivity index (χ4v) is 4.96. The highest BCUT2D eigenvalue weighted by Crippen LogP contribution is 2.41. The number of nitrogens with one attached hydrogen (secondary N) is 2. The van der Waals surface area contributed by atoms with Crippen LogP contribution in [0.4, 0.5) is 9.93 Å². The van der Waals surface area contributed by atoms with Crippen molar-refractivity contribution in [3.8, 4) is 11.5 Å². The molecule has 11 heteroatoms. The normalized spacial score (nSPS) is 18.1. The predicted octanol–water partition coefficient (Wildman–Crippen LogP) is 3.86. The van der Waals surface area contributed by atoms with Crippen LogP contribution in [0.5, 0.6) is 11.5 Å². The molecule has 0 spiro atoms. The standard InChI is InChI=1S/C26H34N4O6S/c1-25(2,3)36-24(33)30-10-9-16(13-30)12-27-22(32)18-15-37-23(28-18)29-20(31)14-34-19-8-6-7-17-11-26(4,5)35-21(17)19/h6-8,15-16H,9-14H2,1-5H3,(H,27,32)(H,28,29,31). The maximum absolute atomic E-state index is 12.6. The molecule has 1 saturated heterocycles. The topological polar surface area (TPSA) is 119 Å². The van der Waals surface area contributed by atoms with Gasteiger partial charge in [-0.15, -0.1) is 11.3 Å². The molecule has 0 bridgehead atoms. The summed E-state index contributed by atoms with van der Waals surface area (Å²) in [6.45, 7) is 10.9. The van der Waals surface area contributed by atoms with Crippen LogP contribution in [0.25, 0.3) is 0 Å². The molecule has 1 unspecified atom stereocenters. The molecule has 0 saturated carbocycles. The van der Waals surface area contributed by atoms with Gasteiger partial charge in [0.15, 0.2) is 23.2 Å². The molecule has 1 aromatic heterocycles. The van der Waals surface area contributed by atoms with Crippen molar-refractivity contribution < 1.29 is 28.6 Å². The molecule has 200 valence electrons. The number of anilines is 1. The highest BCUT2D eigenvalue weighted by molar-refractivity contribution is 7.14. The Morgan fingerprint density at radius 3 is 2.81 bits per heavy atom. The van der Waals surface area contributed by atoms with Crippen LogP contribution in [0.3, 0.4) is 0 Å². The highest BCUT2D eigenvalue weighted by atomic mass is 32.1. The summed E-state index contributed by atoms with van der Waals surface area (Å²) >= 11 is 1.16. The molecule has 3 amide bonds. The summed E-state index contributed by atoms with van der Waals surface area (Å²) in [5.74, 6) is 0.618. The second-order valence-corrected chi connectivity index (χ2v) is 11.8. The molecule has 37 heavy (non-hydrogen) atoms. The van der Waals surface area contributed by atoms with Crippen molar-refractivity contribution in [1.82, 2.24) is 15.2 Å². The molecule has 3 heterocycles. The van der Waals surface area contributed by atoms with Crippen LogP contribution < -0.4 is 20.1 Å². The molecule has 2 aliphatic heterocycles. The number of benzene rings is 1. The lowest BCUT2D eigenvalue weighted by atomic mass is 10.0. The summed E-state index contributed by atoms with van der Waals surface area (Å²) in [5, 5.41) is 7.44. The van der Waals surface area contributed by atoms with Crippen LogP contribution in [-0.2, 0) is 16.0 Å². The molecule has 4 rings (SSSR count). The van der Waals surface area contributed by atoms with Crippen LogP contribution in [0, 0.1) is 5.92 Å². The Hall–Kier alpha value is -3.34. The Bertz CT molecular complexity index is 1170. The Balaban J connectivity index is 1.21. The van der Waals surface area contributed by atoms with Gasteiger partial charge >= 0.3 is 6.09 Å². The first kappa shape index (κ1) is 26.7. The first-order chi connectivity index (χ1) is 17.4. The number of hydrogen-bond acceptors (Lipinski definition) is 8. The highest BCUT2D eigenvalue weighted by Gasteiger charge is 2.33. The van der Waals surface area contributed by atoms with E-state index in [1.54, 1.807) is 16.3 Å².